The summed E-state index contributed by atoms with van der Waals surface area (Å²) in [6, 6.07) is 7.25. The minimum absolute atomic E-state index is 0.152. The van der Waals surface area contributed by atoms with E-state index >= 15 is 0 Å². The lowest BCUT2D eigenvalue weighted by Crippen LogP contribution is -2.07. The van der Waals surface area contributed by atoms with Crippen LogP contribution in [0.1, 0.15) is 23.0 Å². The molecular formula is C14H16N2O4. The summed E-state index contributed by atoms with van der Waals surface area (Å²) in [7, 11) is 0. The molecule has 1 heterocycles. The number of nitrogens with one attached hydrogen (secondary N) is 1. The largest absolute Gasteiger partial charge is 0.508 e. The smallest absolute Gasteiger partial charge is 0.360 e. The first-order chi connectivity index (χ1) is 9.69. The van der Waals surface area contributed by atoms with Gasteiger partial charge >= 0.3 is 5.97 Å². The van der Waals surface area contributed by atoms with Crippen LogP contribution in [0.3, 0.4) is 0 Å². The minimum atomic E-state index is -0.497. The monoisotopic (exact) mass is 276 g/mol. The molecule has 6 heteroatoms. The van der Waals surface area contributed by atoms with Gasteiger partial charge in [-0.1, -0.05) is 12.1 Å². The maximum Gasteiger partial charge on any atom is 0.360 e. The standard InChI is InChI=1S/C14H16N2O4/c1-2-19-13(18)12-9-20-14(16-12)15-8-7-10-3-5-11(17)6-4-10/h3-6,9,17H,2,7-8H2,1H3,(H,15,16). The number of ether oxygens (including phenoxy) is 1. The second kappa shape index (κ2) is 6.60. The molecule has 0 atom stereocenters. The van der Waals surface area contributed by atoms with Crippen LogP contribution in [-0.4, -0.2) is 29.2 Å². The SMILES string of the molecule is CCOC(=O)c1coc(NCCc2ccc(O)cc2)n1. The van der Waals surface area contributed by atoms with Gasteiger partial charge in [-0.05, 0) is 31.0 Å². The van der Waals surface area contributed by atoms with E-state index in [1.165, 1.54) is 6.26 Å². The number of nitrogens with zero attached hydrogens (tertiary/aromatic N) is 1. The molecule has 0 fully saturated rings. The highest BCUT2D eigenvalue weighted by Crippen LogP contribution is 2.11. The van der Waals surface area contributed by atoms with Gasteiger partial charge in [0.15, 0.2) is 5.69 Å². The zero-order valence-electron chi connectivity index (χ0n) is 11.1. The Morgan fingerprint density at radius 1 is 1.40 bits per heavy atom. The number of esters is 1. The second-order valence-electron chi connectivity index (χ2n) is 4.10. The Bertz CT molecular complexity index is 563. The van der Waals surface area contributed by atoms with E-state index in [1.807, 2.05) is 12.1 Å². The van der Waals surface area contributed by atoms with Gasteiger partial charge in [-0.15, -0.1) is 0 Å². The van der Waals surface area contributed by atoms with Crippen molar-refractivity contribution in [3.05, 3.63) is 41.8 Å². The van der Waals surface area contributed by atoms with Gasteiger partial charge in [0.05, 0.1) is 6.61 Å². The highest BCUT2D eigenvalue weighted by atomic mass is 16.5. The first-order valence-electron chi connectivity index (χ1n) is 6.33. The minimum Gasteiger partial charge on any atom is -0.508 e. The maximum atomic E-state index is 11.4. The predicted octanol–water partition coefficient (Wildman–Crippen LogP) is 2.21. The van der Waals surface area contributed by atoms with E-state index in [2.05, 4.69) is 10.3 Å². The molecule has 1 aromatic carbocycles. The van der Waals surface area contributed by atoms with Crippen LogP contribution in [0.2, 0.25) is 0 Å². The third-order valence-electron chi connectivity index (χ3n) is 2.61. The van der Waals surface area contributed by atoms with Crippen molar-refractivity contribution in [1.82, 2.24) is 4.98 Å². The van der Waals surface area contributed by atoms with Crippen LogP contribution in [0.4, 0.5) is 6.01 Å². The normalized spacial score (nSPS) is 10.2. The molecule has 2 rings (SSSR count). The van der Waals surface area contributed by atoms with Gasteiger partial charge in [0.2, 0.25) is 0 Å². The fourth-order valence-electron chi connectivity index (χ4n) is 1.63. The number of aromatic nitrogens is 1. The Hall–Kier alpha value is -2.50. The molecule has 0 saturated heterocycles. The van der Waals surface area contributed by atoms with Gasteiger partial charge in [-0.2, -0.15) is 4.98 Å². The van der Waals surface area contributed by atoms with Gasteiger partial charge < -0.3 is 19.6 Å². The first kappa shape index (κ1) is 13.9. The molecule has 6 nitrogen and oxygen atoms in total. The summed E-state index contributed by atoms with van der Waals surface area (Å²) in [6.45, 7) is 2.64. The lowest BCUT2D eigenvalue weighted by atomic mass is 10.1. The summed E-state index contributed by atoms with van der Waals surface area (Å²) in [5, 5.41) is 12.2. The molecule has 0 amide bonds. The Morgan fingerprint density at radius 3 is 2.85 bits per heavy atom. The van der Waals surface area contributed by atoms with Crippen molar-refractivity contribution in [3.8, 4) is 5.75 Å². The molecule has 0 radical (unpaired) electrons. The van der Waals surface area contributed by atoms with Gasteiger partial charge in [0, 0.05) is 6.54 Å². The van der Waals surface area contributed by atoms with Gasteiger partial charge in [0.25, 0.3) is 6.01 Å². The molecule has 1 aromatic heterocycles. The highest BCUT2D eigenvalue weighted by Gasteiger charge is 2.12. The topological polar surface area (TPSA) is 84.6 Å². The highest BCUT2D eigenvalue weighted by molar-refractivity contribution is 5.87. The lowest BCUT2D eigenvalue weighted by Gasteiger charge is -2.02. The third kappa shape index (κ3) is 3.74. The van der Waals surface area contributed by atoms with E-state index in [0.717, 1.165) is 12.0 Å². The van der Waals surface area contributed by atoms with Crippen LogP contribution >= 0.6 is 0 Å². The number of oxazole rings is 1. The zero-order valence-corrected chi connectivity index (χ0v) is 11.1. The Labute approximate surface area is 116 Å². The van der Waals surface area contributed by atoms with Crippen molar-refractivity contribution in [2.75, 3.05) is 18.5 Å². The van der Waals surface area contributed by atoms with Crippen LogP contribution in [0.15, 0.2) is 34.9 Å². The Morgan fingerprint density at radius 2 is 2.15 bits per heavy atom. The fourth-order valence-corrected chi connectivity index (χ4v) is 1.63. The van der Waals surface area contributed by atoms with E-state index < -0.39 is 5.97 Å². The number of hydrogen-bond acceptors (Lipinski definition) is 6. The number of carbonyl (C=O) groups excluding carboxylic acids is 1. The number of anilines is 1. The van der Waals surface area contributed by atoms with Crippen molar-refractivity contribution in [2.24, 2.45) is 0 Å². The summed E-state index contributed by atoms with van der Waals surface area (Å²) in [4.78, 5) is 15.4. The van der Waals surface area contributed by atoms with Crippen molar-refractivity contribution in [1.29, 1.82) is 0 Å². The third-order valence-corrected chi connectivity index (χ3v) is 2.61. The van der Waals surface area contributed by atoms with Crippen molar-refractivity contribution < 1.29 is 19.1 Å². The molecule has 0 bridgehead atoms. The van der Waals surface area contributed by atoms with E-state index in [9.17, 15) is 9.90 Å². The van der Waals surface area contributed by atoms with E-state index in [4.69, 9.17) is 9.15 Å². The molecular weight excluding hydrogens is 260 g/mol. The number of carbonyl (C=O) groups is 1. The van der Waals surface area contributed by atoms with Crippen LogP contribution in [0, 0.1) is 0 Å². The predicted molar refractivity (Wildman–Crippen MR) is 72.8 cm³/mol. The average molecular weight is 276 g/mol. The molecule has 0 spiro atoms. The van der Waals surface area contributed by atoms with Crippen LogP contribution in [-0.2, 0) is 11.2 Å². The number of phenolic OH excluding ortho intramolecular Hbond substituents is 1. The summed E-state index contributed by atoms with van der Waals surface area (Å²) in [6.07, 6.45) is 2.01. The fraction of sp³-hybridized carbons (Fsp3) is 0.286. The summed E-state index contributed by atoms with van der Waals surface area (Å²) < 4.78 is 9.94. The van der Waals surface area contributed by atoms with E-state index in [0.29, 0.717) is 13.2 Å². The van der Waals surface area contributed by atoms with Gasteiger partial charge in [0.1, 0.15) is 12.0 Å². The molecule has 0 aliphatic rings. The van der Waals surface area contributed by atoms with Crippen LogP contribution < -0.4 is 5.32 Å². The van der Waals surface area contributed by atoms with E-state index in [1.54, 1.807) is 19.1 Å². The van der Waals surface area contributed by atoms with E-state index in [-0.39, 0.29) is 17.5 Å². The lowest BCUT2D eigenvalue weighted by molar-refractivity contribution is 0.0519. The quantitative estimate of drug-likeness (QED) is 0.787. The first-order valence-corrected chi connectivity index (χ1v) is 6.33. The van der Waals surface area contributed by atoms with Gasteiger partial charge in [-0.3, -0.25) is 0 Å². The summed E-state index contributed by atoms with van der Waals surface area (Å²) in [5.74, 6) is -0.253. The number of rotatable bonds is 6. The molecule has 20 heavy (non-hydrogen) atoms. The molecule has 2 N–H and O–H groups in total. The maximum absolute atomic E-state index is 11.4. The number of aromatic hydroxyl groups is 1. The van der Waals surface area contributed by atoms with Crippen molar-refractivity contribution in [3.63, 3.8) is 0 Å². The zero-order chi connectivity index (χ0) is 14.4. The summed E-state index contributed by atoms with van der Waals surface area (Å²) >= 11 is 0. The van der Waals surface area contributed by atoms with Crippen molar-refractivity contribution >= 4 is 12.0 Å². The second-order valence-corrected chi connectivity index (χ2v) is 4.10. The molecule has 0 aliphatic heterocycles. The average Bonchev–Trinajstić information content (AvgIpc) is 2.90. The molecule has 0 aliphatic carbocycles. The van der Waals surface area contributed by atoms with Gasteiger partial charge in [-0.25, -0.2) is 4.79 Å². The molecule has 0 saturated carbocycles. The summed E-state index contributed by atoms with van der Waals surface area (Å²) in [5.41, 5.74) is 1.23. The Kier molecular flexibility index (Phi) is 4.60. The molecule has 2 aromatic rings. The van der Waals surface area contributed by atoms with Crippen LogP contribution in [0.5, 0.6) is 5.75 Å². The number of benzene rings is 1. The van der Waals surface area contributed by atoms with Crippen molar-refractivity contribution in [2.45, 2.75) is 13.3 Å². The molecule has 0 unspecified atom stereocenters. The van der Waals surface area contributed by atoms with Crippen LogP contribution in [0.25, 0.3) is 0 Å². The molecule has 106 valence electrons. The number of hydrogen-bond donors (Lipinski definition) is 2. The Balaban J connectivity index is 1.82. The number of phenols is 1.